The van der Waals surface area contributed by atoms with Gasteiger partial charge in [0.2, 0.25) is 0 Å². The average molecular weight is 380 g/mol. The zero-order chi connectivity index (χ0) is 21.2. The van der Waals surface area contributed by atoms with Gasteiger partial charge in [-0.25, -0.2) is 0 Å². The van der Waals surface area contributed by atoms with Crippen molar-refractivity contribution in [3.05, 3.63) is 35.1 Å². The summed E-state index contributed by atoms with van der Waals surface area (Å²) in [7, 11) is 8.46. The van der Waals surface area contributed by atoms with Gasteiger partial charge in [-0.3, -0.25) is 4.90 Å². The maximum absolute atomic E-state index is 11.0. The summed E-state index contributed by atoms with van der Waals surface area (Å²) in [6.07, 6.45) is 4.28. The SMILES string of the molecule is C=C(C)/C=C(CN(CCCN(C)C)CCCN(C)C)\C(O)=C(/C)C(C)(C)C. The number of aliphatic hydroxyl groups is 1. The molecule has 0 amide bonds. The highest BCUT2D eigenvalue weighted by Crippen LogP contribution is 2.30. The normalized spacial score (nSPS) is 14.3. The van der Waals surface area contributed by atoms with E-state index in [2.05, 4.69) is 70.2 Å². The van der Waals surface area contributed by atoms with Crippen LogP contribution in [0.3, 0.4) is 0 Å². The highest BCUT2D eigenvalue weighted by atomic mass is 16.3. The minimum Gasteiger partial charge on any atom is -0.508 e. The second-order valence-corrected chi connectivity index (χ2v) is 9.33. The van der Waals surface area contributed by atoms with Gasteiger partial charge in [0.05, 0.1) is 0 Å². The van der Waals surface area contributed by atoms with E-state index in [0.29, 0.717) is 5.76 Å². The molecule has 0 aromatic carbocycles. The third-order valence-corrected chi connectivity index (χ3v) is 4.76. The summed E-state index contributed by atoms with van der Waals surface area (Å²) in [5.41, 5.74) is 2.92. The molecule has 0 saturated heterocycles. The van der Waals surface area contributed by atoms with E-state index in [-0.39, 0.29) is 5.41 Å². The minimum absolute atomic E-state index is 0.0566. The monoisotopic (exact) mass is 379 g/mol. The number of aliphatic hydroxyl groups excluding tert-OH is 1. The zero-order valence-corrected chi connectivity index (χ0v) is 19.5. The van der Waals surface area contributed by atoms with Crippen molar-refractivity contribution < 1.29 is 5.11 Å². The molecule has 0 heterocycles. The van der Waals surface area contributed by atoms with Crippen LogP contribution in [0.15, 0.2) is 35.1 Å². The van der Waals surface area contributed by atoms with Crippen LogP contribution < -0.4 is 0 Å². The zero-order valence-electron chi connectivity index (χ0n) is 19.5. The summed E-state index contributed by atoms with van der Waals surface area (Å²) < 4.78 is 0. The van der Waals surface area contributed by atoms with Crippen molar-refractivity contribution in [3.63, 3.8) is 0 Å². The molecular formula is C23H45N3O. The Hall–Kier alpha value is -1.10. The van der Waals surface area contributed by atoms with E-state index in [9.17, 15) is 5.11 Å². The van der Waals surface area contributed by atoms with Crippen LogP contribution in [0.2, 0.25) is 0 Å². The third kappa shape index (κ3) is 12.1. The van der Waals surface area contributed by atoms with E-state index in [0.717, 1.165) is 62.3 Å². The van der Waals surface area contributed by atoms with Crippen LogP contribution in [0, 0.1) is 5.41 Å². The average Bonchev–Trinajstić information content (AvgIpc) is 2.50. The molecule has 0 radical (unpaired) electrons. The van der Waals surface area contributed by atoms with Gasteiger partial charge >= 0.3 is 0 Å². The summed E-state index contributed by atoms with van der Waals surface area (Å²) in [4.78, 5) is 6.92. The smallest absolute Gasteiger partial charge is 0.119 e. The molecule has 0 saturated carbocycles. The molecule has 4 heteroatoms. The molecule has 0 aromatic rings. The maximum atomic E-state index is 11.0. The van der Waals surface area contributed by atoms with E-state index >= 15 is 0 Å². The molecule has 0 rings (SSSR count). The Morgan fingerprint density at radius 1 is 0.889 bits per heavy atom. The molecule has 0 spiro atoms. The molecule has 4 nitrogen and oxygen atoms in total. The van der Waals surface area contributed by atoms with Gasteiger partial charge in [-0.1, -0.05) is 39.0 Å². The lowest BCUT2D eigenvalue weighted by atomic mass is 9.85. The predicted octanol–water partition coefficient (Wildman–Crippen LogP) is 4.57. The summed E-state index contributed by atoms with van der Waals surface area (Å²) in [6.45, 7) is 19.4. The van der Waals surface area contributed by atoms with Crippen molar-refractivity contribution >= 4 is 0 Å². The Bertz CT molecular complexity index is 496. The first-order valence-corrected chi connectivity index (χ1v) is 10.1. The highest BCUT2D eigenvalue weighted by Gasteiger charge is 2.20. The van der Waals surface area contributed by atoms with Crippen molar-refractivity contribution in [2.75, 3.05) is 60.9 Å². The Labute approximate surface area is 169 Å². The van der Waals surface area contributed by atoms with E-state index in [1.807, 2.05) is 19.9 Å². The topological polar surface area (TPSA) is 30.0 Å². The van der Waals surface area contributed by atoms with E-state index < -0.39 is 0 Å². The molecule has 0 unspecified atom stereocenters. The van der Waals surface area contributed by atoms with Gasteiger partial charge in [0.1, 0.15) is 5.76 Å². The second-order valence-electron chi connectivity index (χ2n) is 9.33. The van der Waals surface area contributed by atoms with Gasteiger partial charge in [-0.2, -0.15) is 0 Å². The van der Waals surface area contributed by atoms with Crippen molar-refractivity contribution in [1.82, 2.24) is 14.7 Å². The first-order chi connectivity index (χ1) is 12.3. The van der Waals surface area contributed by atoms with E-state index in [4.69, 9.17) is 0 Å². The second kappa shape index (κ2) is 12.4. The third-order valence-electron chi connectivity index (χ3n) is 4.76. The fraction of sp³-hybridized carbons (Fsp3) is 0.739. The molecule has 0 fully saturated rings. The van der Waals surface area contributed by atoms with Crippen LogP contribution in [0.5, 0.6) is 0 Å². The fourth-order valence-electron chi connectivity index (χ4n) is 2.81. The lowest BCUT2D eigenvalue weighted by Gasteiger charge is -2.27. The highest BCUT2D eigenvalue weighted by molar-refractivity contribution is 5.37. The van der Waals surface area contributed by atoms with Crippen molar-refractivity contribution in [3.8, 4) is 0 Å². The van der Waals surface area contributed by atoms with Gasteiger partial charge in [-0.15, -0.1) is 0 Å². The van der Waals surface area contributed by atoms with Crippen LogP contribution in [-0.2, 0) is 0 Å². The lowest BCUT2D eigenvalue weighted by Crippen LogP contribution is -2.32. The van der Waals surface area contributed by atoms with Crippen molar-refractivity contribution in [2.24, 2.45) is 5.41 Å². The number of allylic oxidation sites excluding steroid dienone is 3. The number of hydrogen-bond acceptors (Lipinski definition) is 4. The van der Waals surface area contributed by atoms with Gasteiger partial charge in [0.15, 0.2) is 0 Å². The number of hydrogen-bond donors (Lipinski definition) is 1. The first-order valence-electron chi connectivity index (χ1n) is 10.1. The number of nitrogens with zero attached hydrogens (tertiary/aromatic N) is 3. The molecule has 0 atom stereocenters. The molecule has 0 aliphatic heterocycles. The van der Waals surface area contributed by atoms with Gasteiger partial charge in [-0.05, 0) is 92.0 Å². The summed E-state index contributed by atoms with van der Waals surface area (Å²) in [6, 6.07) is 0. The molecule has 0 bridgehead atoms. The number of rotatable bonds is 12. The van der Waals surface area contributed by atoms with Gasteiger partial charge in [0.25, 0.3) is 0 Å². The molecule has 0 aliphatic carbocycles. The molecule has 27 heavy (non-hydrogen) atoms. The Morgan fingerprint density at radius 3 is 1.67 bits per heavy atom. The van der Waals surface area contributed by atoms with Crippen LogP contribution in [0.25, 0.3) is 0 Å². The molecule has 158 valence electrons. The van der Waals surface area contributed by atoms with Crippen LogP contribution >= 0.6 is 0 Å². The molecule has 0 aliphatic rings. The van der Waals surface area contributed by atoms with E-state index in [1.54, 1.807) is 0 Å². The van der Waals surface area contributed by atoms with E-state index in [1.165, 1.54) is 0 Å². The molecule has 1 N–H and O–H groups in total. The van der Waals surface area contributed by atoms with Crippen molar-refractivity contribution in [2.45, 2.75) is 47.5 Å². The molecular weight excluding hydrogens is 334 g/mol. The lowest BCUT2D eigenvalue weighted by molar-refractivity contribution is 0.251. The standard InChI is InChI=1S/C23H45N3O/c1-19(2)17-21(22(27)20(3)23(4,5)6)18-26(15-11-13-24(7)8)16-12-14-25(9)10/h17,27H,1,11-16,18H2,2-10H3/b21-17-,22-20-. The Kier molecular flexibility index (Phi) is 11.9. The fourth-order valence-corrected chi connectivity index (χ4v) is 2.81. The van der Waals surface area contributed by atoms with Gasteiger partial charge < -0.3 is 14.9 Å². The maximum Gasteiger partial charge on any atom is 0.119 e. The van der Waals surface area contributed by atoms with Gasteiger partial charge in [0, 0.05) is 12.1 Å². The summed E-state index contributed by atoms with van der Waals surface area (Å²) >= 11 is 0. The quantitative estimate of drug-likeness (QED) is 0.397. The minimum atomic E-state index is -0.0566. The summed E-state index contributed by atoms with van der Waals surface area (Å²) in [5, 5.41) is 11.0. The Morgan fingerprint density at radius 2 is 1.33 bits per heavy atom. The van der Waals surface area contributed by atoms with Crippen LogP contribution in [-0.4, -0.2) is 80.7 Å². The largest absolute Gasteiger partial charge is 0.508 e. The van der Waals surface area contributed by atoms with Crippen molar-refractivity contribution in [1.29, 1.82) is 0 Å². The first kappa shape index (κ1) is 25.9. The molecule has 0 aromatic heterocycles. The summed E-state index contributed by atoms with van der Waals surface area (Å²) in [5.74, 6) is 0.427. The van der Waals surface area contributed by atoms with Crippen LogP contribution in [0.4, 0.5) is 0 Å². The Balaban J connectivity index is 5.41. The predicted molar refractivity (Wildman–Crippen MR) is 120 cm³/mol. The van der Waals surface area contributed by atoms with Crippen LogP contribution in [0.1, 0.15) is 47.5 Å².